The Hall–Kier alpha value is -1.09. The fourth-order valence-corrected chi connectivity index (χ4v) is 3.30. The molecule has 1 N–H and O–H groups in total. The highest BCUT2D eigenvalue weighted by Gasteiger charge is 2.30. The molecule has 0 aliphatic carbocycles. The maximum Gasteiger partial charge on any atom is 0.253 e. The molecule has 3 heterocycles. The Morgan fingerprint density at radius 1 is 1.41 bits per heavy atom. The van der Waals surface area contributed by atoms with Gasteiger partial charge < -0.3 is 9.88 Å². The quantitative estimate of drug-likeness (QED) is 0.838. The van der Waals surface area contributed by atoms with Crippen LogP contribution in [0.15, 0.2) is 16.9 Å². The lowest BCUT2D eigenvalue weighted by molar-refractivity contribution is 0.256. The minimum atomic E-state index is 0.265. The number of fused-ring (bicyclic) bond motifs is 4. The molecule has 0 radical (unpaired) electrons. The van der Waals surface area contributed by atoms with E-state index in [1.54, 1.807) is 0 Å². The molecule has 2 unspecified atom stereocenters. The first-order chi connectivity index (χ1) is 8.29. The molecule has 2 bridgehead atoms. The first-order valence-electron chi connectivity index (χ1n) is 6.73. The van der Waals surface area contributed by atoms with E-state index < -0.39 is 0 Å². The average molecular weight is 232 g/mol. The number of aryl methyl sites for hydroxylation is 1. The van der Waals surface area contributed by atoms with Gasteiger partial charge in [-0.2, -0.15) is 0 Å². The second-order valence-corrected chi connectivity index (χ2v) is 5.41. The van der Waals surface area contributed by atoms with Crippen molar-refractivity contribution >= 4 is 0 Å². The third kappa shape index (κ3) is 1.82. The number of piperidine rings is 1. The number of pyridine rings is 1. The smallest absolute Gasteiger partial charge is 0.253 e. The summed E-state index contributed by atoms with van der Waals surface area (Å²) >= 11 is 0. The van der Waals surface area contributed by atoms with Gasteiger partial charge in [0.25, 0.3) is 5.56 Å². The molecule has 2 aliphatic rings. The van der Waals surface area contributed by atoms with E-state index in [2.05, 4.69) is 18.3 Å². The number of nitrogens with one attached hydrogen (secondary N) is 1. The van der Waals surface area contributed by atoms with Crippen LogP contribution in [0.3, 0.4) is 0 Å². The van der Waals surface area contributed by atoms with Gasteiger partial charge in [-0.15, -0.1) is 0 Å². The van der Waals surface area contributed by atoms with E-state index in [9.17, 15) is 4.79 Å². The van der Waals surface area contributed by atoms with Gasteiger partial charge in [0.15, 0.2) is 0 Å². The van der Waals surface area contributed by atoms with Crippen LogP contribution >= 0.6 is 0 Å². The number of hydrogen-bond donors (Lipinski definition) is 1. The fourth-order valence-electron chi connectivity index (χ4n) is 3.30. The van der Waals surface area contributed by atoms with Crippen LogP contribution in [0.5, 0.6) is 0 Å². The van der Waals surface area contributed by atoms with E-state index in [4.69, 9.17) is 0 Å². The largest absolute Gasteiger partial charge is 0.316 e. The molecule has 1 saturated heterocycles. The zero-order chi connectivity index (χ0) is 11.8. The molecule has 2 aliphatic heterocycles. The topological polar surface area (TPSA) is 34.0 Å². The predicted octanol–water partition coefficient (Wildman–Crippen LogP) is 1.51. The Balaban J connectivity index is 2.06. The Labute approximate surface area is 102 Å². The van der Waals surface area contributed by atoms with Crippen LogP contribution in [-0.4, -0.2) is 17.7 Å². The number of hydrogen-bond acceptors (Lipinski definition) is 2. The molecule has 92 valence electrons. The summed E-state index contributed by atoms with van der Waals surface area (Å²) in [5.74, 6) is 1.20. The van der Waals surface area contributed by atoms with E-state index in [0.717, 1.165) is 38.0 Å². The van der Waals surface area contributed by atoms with Crippen LogP contribution < -0.4 is 10.9 Å². The van der Waals surface area contributed by atoms with Crippen LogP contribution in [-0.2, 0) is 13.0 Å². The van der Waals surface area contributed by atoms with Gasteiger partial charge in [0.1, 0.15) is 0 Å². The summed E-state index contributed by atoms with van der Waals surface area (Å²) in [6, 6.07) is 4.23. The van der Waals surface area contributed by atoms with Crippen LogP contribution in [0.1, 0.15) is 36.9 Å². The molecule has 3 heteroatoms. The maximum absolute atomic E-state index is 12.4. The molecule has 3 nitrogen and oxygen atoms in total. The summed E-state index contributed by atoms with van der Waals surface area (Å²) in [6.45, 7) is 5.14. The second-order valence-electron chi connectivity index (χ2n) is 5.41. The highest BCUT2D eigenvalue weighted by Crippen LogP contribution is 2.31. The van der Waals surface area contributed by atoms with Crippen molar-refractivity contribution in [2.45, 2.75) is 38.6 Å². The molecule has 0 spiro atoms. The molecule has 1 aromatic rings. The second kappa shape index (κ2) is 4.30. The number of aromatic nitrogens is 1. The molecule has 17 heavy (non-hydrogen) atoms. The van der Waals surface area contributed by atoms with E-state index in [-0.39, 0.29) is 5.56 Å². The van der Waals surface area contributed by atoms with Crippen LogP contribution in [0.2, 0.25) is 0 Å². The predicted molar refractivity (Wildman–Crippen MR) is 68.4 cm³/mol. The first-order valence-corrected chi connectivity index (χ1v) is 6.73. The first kappa shape index (κ1) is 11.0. The lowest BCUT2D eigenvalue weighted by atomic mass is 9.84. The molecular weight excluding hydrogens is 212 g/mol. The SMILES string of the molecule is CCCc1ccc2n(c1=O)CC1CNCC2C1. The lowest BCUT2D eigenvalue weighted by Crippen LogP contribution is -2.45. The van der Waals surface area contributed by atoms with Gasteiger partial charge in [-0.3, -0.25) is 4.79 Å². The highest BCUT2D eigenvalue weighted by molar-refractivity contribution is 5.22. The van der Waals surface area contributed by atoms with Crippen LogP contribution in [0, 0.1) is 5.92 Å². The molecule has 2 atom stereocenters. The monoisotopic (exact) mass is 232 g/mol. The molecule has 0 saturated carbocycles. The maximum atomic E-state index is 12.4. The molecule has 0 aromatic carbocycles. The summed E-state index contributed by atoms with van der Waals surface area (Å²) in [7, 11) is 0. The summed E-state index contributed by atoms with van der Waals surface area (Å²) in [6.07, 6.45) is 3.20. The van der Waals surface area contributed by atoms with Gasteiger partial charge in [0.2, 0.25) is 0 Å². The average Bonchev–Trinajstić information content (AvgIpc) is 2.34. The van der Waals surface area contributed by atoms with Crippen molar-refractivity contribution in [2.24, 2.45) is 5.92 Å². The van der Waals surface area contributed by atoms with E-state index in [1.807, 2.05) is 10.6 Å². The van der Waals surface area contributed by atoms with E-state index in [0.29, 0.717) is 11.8 Å². The minimum Gasteiger partial charge on any atom is -0.316 e. The van der Waals surface area contributed by atoms with Crippen molar-refractivity contribution in [2.75, 3.05) is 13.1 Å². The van der Waals surface area contributed by atoms with Crippen molar-refractivity contribution in [3.63, 3.8) is 0 Å². The minimum absolute atomic E-state index is 0.265. The van der Waals surface area contributed by atoms with Gasteiger partial charge in [-0.1, -0.05) is 19.4 Å². The third-order valence-electron chi connectivity index (χ3n) is 4.11. The van der Waals surface area contributed by atoms with Gasteiger partial charge in [0, 0.05) is 30.3 Å². The molecule has 1 fully saturated rings. The zero-order valence-corrected chi connectivity index (χ0v) is 10.4. The van der Waals surface area contributed by atoms with E-state index >= 15 is 0 Å². The Morgan fingerprint density at radius 3 is 3.12 bits per heavy atom. The van der Waals surface area contributed by atoms with Gasteiger partial charge in [-0.05, 0) is 31.4 Å². The number of nitrogens with zero attached hydrogens (tertiary/aromatic N) is 1. The Kier molecular flexibility index (Phi) is 2.79. The molecule has 0 amide bonds. The zero-order valence-electron chi connectivity index (χ0n) is 10.4. The van der Waals surface area contributed by atoms with Crippen molar-refractivity contribution in [1.29, 1.82) is 0 Å². The summed E-state index contributed by atoms with van der Waals surface area (Å²) in [5.41, 5.74) is 2.50. The Morgan fingerprint density at radius 2 is 2.29 bits per heavy atom. The number of rotatable bonds is 2. The summed E-state index contributed by atoms with van der Waals surface area (Å²) in [4.78, 5) is 12.4. The van der Waals surface area contributed by atoms with E-state index in [1.165, 1.54) is 12.1 Å². The van der Waals surface area contributed by atoms with Gasteiger partial charge in [-0.25, -0.2) is 0 Å². The van der Waals surface area contributed by atoms with Crippen LogP contribution in [0.4, 0.5) is 0 Å². The Bertz CT molecular complexity index is 478. The highest BCUT2D eigenvalue weighted by atomic mass is 16.1. The summed E-state index contributed by atoms with van der Waals surface area (Å²) in [5, 5.41) is 3.47. The van der Waals surface area contributed by atoms with Gasteiger partial charge in [0.05, 0.1) is 0 Å². The third-order valence-corrected chi connectivity index (χ3v) is 4.11. The van der Waals surface area contributed by atoms with Crippen molar-refractivity contribution in [1.82, 2.24) is 9.88 Å². The van der Waals surface area contributed by atoms with Crippen molar-refractivity contribution in [3.05, 3.63) is 33.7 Å². The lowest BCUT2D eigenvalue weighted by Gasteiger charge is -2.37. The molecule has 1 aromatic heterocycles. The summed E-state index contributed by atoms with van der Waals surface area (Å²) < 4.78 is 2.05. The normalized spacial score (nSPS) is 26.6. The van der Waals surface area contributed by atoms with Crippen molar-refractivity contribution in [3.8, 4) is 0 Å². The van der Waals surface area contributed by atoms with Gasteiger partial charge >= 0.3 is 0 Å². The van der Waals surface area contributed by atoms with Crippen LogP contribution in [0.25, 0.3) is 0 Å². The van der Waals surface area contributed by atoms with Crippen molar-refractivity contribution < 1.29 is 0 Å². The standard InChI is InChI=1S/C14H20N2O/c1-2-3-11-4-5-13-12-6-10(7-15-8-12)9-16(13)14(11)17/h4-5,10,12,15H,2-3,6-9H2,1H3. The molecule has 3 rings (SSSR count). The fraction of sp³-hybridized carbons (Fsp3) is 0.643. The molecular formula is C14H20N2O.